The highest BCUT2D eigenvalue weighted by atomic mass is 16.6. The molecule has 19 heavy (non-hydrogen) atoms. The Morgan fingerprint density at radius 1 is 1.42 bits per heavy atom. The Kier molecular flexibility index (Phi) is 3.88. The van der Waals surface area contributed by atoms with Gasteiger partial charge in [0.25, 0.3) is 0 Å². The lowest BCUT2D eigenvalue weighted by Gasteiger charge is -2.35. The molecule has 0 aromatic carbocycles. The van der Waals surface area contributed by atoms with E-state index in [1.54, 1.807) is 0 Å². The highest BCUT2D eigenvalue weighted by molar-refractivity contribution is 5.84. The van der Waals surface area contributed by atoms with Crippen LogP contribution in [0.3, 0.4) is 0 Å². The van der Waals surface area contributed by atoms with Crippen molar-refractivity contribution in [2.24, 2.45) is 11.3 Å². The maximum absolute atomic E-state index is 12.0. The van der Waals surface area contributed by atoms with Gasteiger partial charge < -0.3 is 10.1 Å². The van der Waals surface area contributed by atoms with E-state index in [1.165, 1.54) is 0 Å². The van der Waals surface area contributed by atoms with Crippen molar-refractivity contribution in [3.05, 3.63) is 0 Å². The molecule has 0 bridgehead atoms. The van der Waals surface area contributed by atoms with Crippen molar-refractivity contribution in [1.82, 2.24) is 5.32 Å². The van der Waals surface area contributed by atoms with Crippen molar-refractivity contribution in [2.75, 3.05) is 6.54 Å². The fourth-order valence-corrected chi connectivity index (χ4v) is 3.43. The highest BCUT2D eigenvalue weighted by Crippen LogP contribution is 2.45. The maximum Gasteiger partial charge on any atom is 0.306 e. The molecular formula is C15H25NO3. The van der Waals surface area contributed by atoms with Gasteiger partial charge in [0.05, 0.1) is 5.41 Å². The standard InChI is InChI=1S/C15H25NO3/c1-14(2,3)19-12(17)9-11-5-4-6-15(10-11)7-8-16-13(15)18/h11H,4-10H2,1-3H3,(H,16,18)/t11-,15+/m1/s1. The van der Waals surface area contributed by atoms with E-state index in [9.17, 15) is 9.59 Å². The van der Waals surface area contributed by atoms with Crippen molar-refractivity contribution in [3.8, 4) is 0 Å². The van der Waals surface area contributed by atoms with Crippen LogP contribution in [0.1, 0.15) is 59.3 Å². The number of ether oxygens (including phenoxy) is 1. The molecule has 4 nitrogen and oxygen atoms in total. The summed E-state index contributed by atoms with van der Waals surface area (Å²) in [5.74, 6) is 0.363. The topological polar surface area (TPSA) is 55.4 Å². The Morgan fingerprint density at radius 2 is 2.16 bits per heavy atom. The van der Waals surface area contributed by atoms with Crippen LogP contribution in [0.2, 0.25) is 0 Å². The second kappa shape index (κ2) is 5.14. The van der Waals surface area contributed by atoms with Gasteiger partial charge in [-0.25, -0.2) is 0 Å². The Bertz CT molecular complexity index is 372. The van der Waals surface area contributed by atoms with E-state index in [1.807, 2.05) is 20.8 Å². The fourth-order valence-electron chi connectivity index (χ4n) is 3.43. The lowest BCUT2D eigenvalue weighted by molar-refractivity contribution is -0.157. The monoisotopic (exact) mass is 267 g/mol. The molecule has 0 aromatic rings. The number of amides is 1. The summed E-state index contributed by atoms with van der Waals surface area (Å²) >= 11 is 0. The molecule has 1 aliphatic carbocycles. The van der Waals surface area contributed by atoms with Crippen LogP contribution in [0.25, 0.3) is 0 Å². The lowest BCUT2D eigenvalue weighted by Crippen LogP contribution is -2.37. The van der Waals surface area contributed by atoms with Gasteiger partial charge in [0.1, 0.15) is 5.60 Å². The molecule has 0 radical (unpaired) electrons. The third-order valence-corrected chi connectivity index (χ3v) is 4.19. The van der Waals surface area contributed by atoms with Crippen LogP contribution in [-0.4, -0.2) is 24.0 Å². The fraction of sp³-hybridized carbons (Fsp3) is 0.867. The molecule has 1 saturated carbocycles. The molecule has 2 aliphatic rings. The van der Waals surface area contributed by atoms with Crippen LogP contribution < -0.4 is 5.32 Å². The van der Waals surface area contributed by atoms with E-state index in [0.717, 1.165) is 38.6 Å². The molecule has 1 N–H and O–H groups in total. The van der Waals surface area contributed by atoms with Gasteiger partial charge >= 0.3 is 5.97 Å². The van der Waals surface area contributed by atoms with Gasteiger partial charge in [-0.1, -0.05) is 6.42 Å². The number of hydrogen-bond donors (Lipinski definition) is 1. The van der Waals surface area contributed by atoms with Crippen molar-refractivity contribution < 1.29 is 14.3 Å². The molecule has 2 atom stereocenters. The van der Waals surface area contributed by atoms with Crippen LogP contribution in [-0.2, 0) is 14.3 Å². The maximum atomic E-state index is 12.0. The number of rotatable bonds is 2. The molecule has 2 rings (SSSR count). The number of esters is 1. The van der Waals surface area contributed by atoms with Crippen LogP contribution in [0.5, 0.6) is 0 Å². The third kappa shape index (κ3) is 3.48. The zero-order valence-corrected chi connectivity index (χ0v) is 12.3. The van der Waals surface area contributed by atoms with Crippen LogP contribution >= 0.6 is 0 Å². The predicted octanol–water partition coefficient (Wildman–Crippen LogP) is 2.41. The molecular weight excluding hydrogens is 242 g/mol. The predicted molar refractivity (Wildman–Crippen MR) is 72.5 cm³/mol. The zero-order chi connectivity index (χ0) is 14.1. The van der Waals surface area contributed by atoms with Gasteiger partial charge in [-0.05, 0) is 52.4 Å². The van der Waals surface area contributed by atoms with Gasteiger partial charge in [0.15, 0.2) is 0 Å². The molecule has 108 valence electrons. The Hall–Kier alpha value is -1.06. The molecule has 2 fully saturated rings. The van der Waals surface area contributed by atoms with E-state index in [-0.39, 0.29) is 17.3 Å². The van der Waals surface area contributed by atoms with Crippen molar-refractivity contribution in [3.63, 3.8) is 0 Å². The Labute approximate surface area is 115 Å². The highest BCUT2D eigenvalue weighted by Gasteiger charge is 2.45. The van der Waals surface area contributed by atoms with Gasteiger partial charge in [0.2, 0.25) is 5.91 Å². The summed E-state index contributed by atoms with van der Waals surface area (Å²) in [5, 5.41) is 2.94. The van der Waals surface area contributed by atoms with Crippen LogP contribution in [0.4, 0.5) is 0 Å². The van der Waals surface area contributed by atoms with Crippen LogP contribution in [0.15, 0.2) is 0 Å². The summed E-state index contributed by atoms with van der Waals surface area (Å²) in [6.07, 6.45) is 5.28. The Balaban J connectivity index is 1.91. The summed E-state index contributed by atoms with van der Waals surface area (Å²) in [5.41, 5.74) is -0.612. The van der Waals surface area contributed by atoms with Gasteiger partial charge in [-0.15, -0.1) is 0 Å². The summed E-state index contributed by atoms with van der Waals surface area (Å²) in [6, 6.07) is 0. The van der Waals surface area contributed by atoms with E-state index in [2.05, 4.69) is 5.32 Å². The molecule has 0 aromatic heterocycles. The Morgan fingerprint density at radius 3 is 2.74 bits per heavy atom. The first kappa shape index (κ1) is 14.4. The van der Waals surface area contributed by atoms with Crippen molar-refractivity contribution in [2.45, 2.75) is 64.9 Å². The summed E-state index contributed by atoms with van der Waals surface area (Å²) < 4.78 is 5.38. The van der Waals surface area contributed by atoms with Gasteiger partial charge in [0, 0.05) is 13.0 Å². The number of nitrogens with one attached hydrogen (secondary N) is 1. The summed E-state index contributed by atoms with van der Waals surface area (Å²) in [7, 11) is 0. The van der Waals surface area contributed by atoms with Gasteiger partial charge in [-0.2, -0.15) is 0 Å². The summed E-state index contributed by atoms with van der Waals surface area (Å²) in [4.78, 5) is 23.9. The molecule has 1 amide bonds. The average molecular weight is 267 g/mol. The van der Waals surface area contributed by atoms with Crippen LogP contribution in [0, 0.1) is 11.3 Å². The molecule has 0 unspecified atom stereocenters. The first-order chi connectivity index (χ1) is 8.81. The minimum Gasteiger partial charge on any atom is -0.460 e. The normalized spacial score (nSPS) is 31.3. The number of hydrogen-bond acceptors (Lipinski definition) is 3. The van der Waals surface area contributed by atoms with Crippen molar-refractivity contribution >= 4 is 11.9 Å². The second-order valence-corrected chi connectivity index (χ2v) is 7.04. The number of carbonyl (C=O) groups is 2. The number of carbonyl (C=O) groups excluding carboxylic acids is 2. The molecule has 1 aliphatic heterocycles. The molecule has 1 heterocycles. The lowest BCUT2D eigenvalue weighted by atomic mass is 9.68. The van der Waals surface area contributed by atoms with E-state index in [4.69, 9.17) is 4.74 Å². The second-order valence-electron chi connectivity index (χ2n) is 7.04. The minimum absolute atomic E-state index is 0.132. The smallest absolute Gasteiger partial charge is 0.306 e. The molecule has 1 saturated heterocycles. The third-order valence-electron chi connectivity index (χ3n) is 4.19. The van der Waals surface area contributed by atoms with E-state index >= 15 is 0 Å². The first-order valence-electron chi connectivity index (χ1n) is 7.31. The molecule has 1 spiro atoms. The SMILES string of the molecule is CC(C)(C)OC(=O)C[C@H]1CCC[C@]2(CCNC2=O)C1. The van der Waals surface area contributed by atoms with E-state index < -0.39 is 5.60 Å². The minimum atomic E-state index is -0.422. The van der Waals surface area contributed by atoms with Crippen molar-refractivity contribution in [1.29, 1.82) is 0 Å². The zero-order valence-electron chi connectivity index (χ0n) is 12.3. The largest absolute Gasteiger partial charge is 0.460 e. The first-order valence-corrected chi connectivity index (χ1v) is 7.31. The quantitative estimate of drug-likeness (QED) is 0.782. The van der Waals surface area contributed by atoms with E-state index in [0.29, 0.717) is 12.3 Å². The summed E-state index contributed by atoms with van der Waals surface area (Å²) in [6.45, 7) is 6.45. The van der Waals surface area contributed by atoms with Gasteiger partial charge in [-0.3, -0.25) is 9.59 Å². The average Bonchev–Trinajstić information content (AvgIpc) is 2.57. The molecule has 4 heteroatoms.